The van der Waals surface area contributed by atoms with Gasteiger partial charge >= 0.3 is 0 Å². The van der Waals surface area contributed by atoms with Crippen molar-refractivity contribution in [2.24, 2.45) is 0 Å². The van der Waals surface area contributed by atoms with Gasteiger partial charge in [0, 0.05) is 20.9 Å². The van der Waals surface area contributed by atoms with Gasteiger partial charge in [-0.3, -0.25) is 4.79 Å². The van der Waals surface area contributed by atoms with E-state index in [2.05, 4.69) is 0 Å². The number of hydrogen-bond acceptors (Lipinski definition) is 3. The highest BCUT2D eigenvalue weighted by molar-refractivity contribution is 7.98. The van der Waals surface area contributed by atoms with E-state index in [0.717, 1.165) is 9.79 Å². The van der Waals surface area contributed by atoms with Crippen LogP contribution in [0.15, 0.2) is 52.3 Å². The van der Waals surface area contributed by atoms with E-state index in [0.29, 0.717) is 16.1 Å². The fourth-order valence-corrected chi connectivity index (χ4v) is 2.99. The van der Waals surface area contributed by atoms with Crippen molar-refractivity contribution >= 4 is 40.9 Å². The summed E-state index contributed by atoms with van der Waals surface area (Å²) in [4.78, 5) is 14.5. The summed E-state index contributed by atoms with van der Waals surface area (Å²) in [6.07, 6.45) is 3.97. The summed E-state index contributed by atoms with van der Waals surface area (Å²) in [7, 11) is 0. The molecule has 4 heteroatoms. The van der Waals surface area contributed by atoms with Crippen LogP contribution < -0.4 is 0 Å². The van der Waals surface area contributed by atoms with Crippen molar-refractivity contribution in [3.05, 3.63) is 58.6 Å². The Bertz CT molecular complexity index is 594. The minimum Gasteiger partial charge on any atom is -0.289 e. The second-order valence-corrected chi connectivity index (χ2v) is 6.04. The summed E-state index contributed by atoms with van der Waals surface area (Å²) in [5.74, 6) is 0.00204. The number of hydrogen-bond donors (Lipinski definition) is 0. The molecule has 0 atom stereocenters. The molecule has 1 nitrogen and oxygen atoms in total. The molecule has 0 saturated carbocycles. The first kappa shape index (κ1) is 14.5. The van der Waals surface area contributed by atoms with Crippen molar-refractivity contribution in [3.63, 3.8) is 0 Å². The Morgan fingerprint density at radius 2 is 1.58 bits per heavy atom. The largest absolute Gasteiger partial charge is 0.289 e. The Morgan fingerprint density at radius 3 is 2.11 bits per heavy atom. The van der Waals surface area contributed by atoms with Crippen molar-refractivity contribution < 1.29 is 4.79 Å². The Labute approximate surface area is 126 Å². The van der Waals surface area contributed by atoms with E-state index in [4.69, 9.17) is 11.6 Å². The fourth-order valence-electron chi connectivity index (χ4n) is 1.72. The molecule has 0 bridgehead atoms. The molecule has 0 aromatic heterocycles. The van der Waals surface area contributed by atoms with E-state index in [1.54, 1.807) is 29.6 Å². The molecule has 2 aromatic carbocycles. The van der Waals surface area contributed by atoms with Crippen LogP contribution in [0.5, 0.6) is 0 Å². The number of carbonyl (C=O) groups is 1. The maximum Gasteiger partial charge on any atom is 0.193 e. The molecular formula is C15H13ClOS2. The first-order chi connectivity index (χ1) is 9.15. The molecule has 2 aromatic rings. The summed E-state index contributed by atoms with van der Waals surface area (Å²) in [6.45, 7) is 0. The van der Waals surface area contributed by atoms with Crippen LogP contribution in [-0.4, -0.2) is 18.3 Å². The molecule has 98 valence electrons. The van der Waals surface area contributed by atoms with Gasteiger partial charge in [0.25, 0.3) is 0 Å². The molecule has 2 rings (SSSR count). The monoisotopic (exact) mass is 308 g/mol. The van der Waals surface area contributed by atoms with E-state index >= 15 is 0 Å². The third-order valence-corrected chi connectivity index (χ3v) is 4.73. The topological polar surface area (TPSA) is 17.1 Å². The van der Waals surface area contributed by atoms with E-state index in [1.165, 1.54) is 0 Å². The third-order valence-electron chi connectivity index (χ3n) is 2.77. The van der Waals surface area contributed by atoms with Gasteiger partial charge in [0.1, 0.15) is 0 Å². The van der Waals surface area contributed by atoms with Gasteiger partial charge in [-0.15, -0.1) is 23.5 Å². The van der Waals surface area contributed by atoms with Crippen LogP contribution in [-0.2, 0) is 0 Å². The highest BCUT2D eigenvalue weighted by atomic mass is 35.5. The van der Waals surface area contributed by atoms with Crippen molar-refractivity contribution in [2.45, 2.75) is 9.79 Å². The van der Waals surface area contributed by atoms with Crippen LogP contribution in [0.2, 0.25) is 5.02 Å². The highest BCUT2D eigenvalue weighted by Crippen LogP contribution is 2.27. The van der Waals surface area contributed by atoms with Gasteiger partial charge in [-0.2, -0.15) is 0 Å². The number of rotatable bonds is 4. The van der Waals surface area contributed by atoms with Crippen molar-refractivity contribution in [1.29, 1.82) is 0 Å². The highest BCUT2D eigenvalue weighted by Gasteiger charge is 2.11. The molecule has 19 heavy (non-hydrogen) atoms. The van der Waals surface area contributed by atoms with Gasteiger partial charge in [-0.05, 0) is 55.0 Å². The lowest BCUT2D eigenvalue weighted by Crippen LogP contribution is -2.01. The van der Waals surface area contributed by atoms with Crippen LogP contribution >= 0.6 is 35.1 Å². The van der Waals surface area contributed by atoms with Crippen LogP contribution in [0.25, 0.3) is 0 Å². The standard InChI is InChI=1S/C15H13ClOS2/c1-18-12-6-3-10(4-7-12)15(17)11-5-8-14(19-2)13(16)9-11/h3-9H,1-2H3. The molecule has 0 aliphatic heterocycles. The predicted molar refractivity (Wildman–Crippen MR) is 84.9 cm³/mol. The fraction of sp³-hybridized carbons (Fsp3) is 0.133. The van der Waals surface area contributed by atoms with Crippen molar-refractivity contribution in [2.75, 3.05) is 12.5 Å². The zero-order chi connectivity index (χ0) is 13.8. The summed E-state index contributed by atoms with van der Waals surface area (Å²) in [5, 5.41) is 0.624. The molecule has 0 amide bonds. The van der Waals surface area contributed by atoms with E-state index in [9.17, 15) is 4.79 Å². The Kier molecular flexibility index (Phi) is 4.97. The molecule has 0 radical (unpaired) electrons. The van der Waals surface area contributed by atoms with Crippen molar-refractivity contribution in [3.8, 4) is 0 Å². The lowest BCUT2D eigenvalue weighted by Gasteiger charge is -2.05. The lowest BCUT2D eigenvalue weighted by molar-refractivity contribution is 0.103. The summed E-state index contributed by atoms with van der Waals surface area (Å²) in [6, 6.07) is 13.1. The van der Waals surface area contributed by atoms with Crippen molar-refractivity contribution in [1.82, 2.24) is 0 Å². The second kappa shape index (κ2) is 6.51. The van der Waals surface area contributed by atoms with Gasteiger partial charge in [-0.25, -0.2) is 0 Å². The number of carbonyl (C=O) groups excluding carboxylic acids is 1. The zero-order valence-electron chi connectivity index (χ0n) is 10.6. The third kappa shape index (κ3) is 3.35. The summed E-state index contributed by atoms with van der Waals surface area (Å²) >= 11 is 9.36. The minimum absolute atomic E-state index is 0.00204. The van der Waals surface area contributed by atoms with Crippen LogP contribution in [0.1, 0.15) is 15.9 Å². The quantitative estimate of drug-likeness (QED) is 0.583. The van der Waals surface area contributed by atoms with Gasteiger partial charge in [0.2, 0.25) is 0 Å². The van der Waals surface area contributed by atoms with Crippen LogP contribution in [0.3, 0.4) is 0 Å². The molecule has 0 N–H and O–H groups in total. The first-order valence-corrected chi connectivity index (χ1v) is 8.50. The summed E-state index contributed by atoms with van der Waals surface area (Å²) < 4.78 is 0. The van der Waals surface area contributed by atoms with Gasteiger partial charge < -0.3 is 0 Å². The maximum absolute atomic E-state index is 12.3. The first-order valence-electron chi connectivity index (χ1n) is 5.68. The zero-order valence-corrected chi connectivity index (χ0v) is 13.0. The van der Waals surface area contributed by atoms with Crippen LogP contribution in [0.4, 0.5) is 0 Å². The van der Waals surface area contributed by atoms with Crippen LogP contribution in [0, 0.1) is 0 Å². The number of ketones is 1. The Morgan fingerprint density at radius 1 is 0.947 bits per heavy atom. The SMILES string of the molecule is CSc1ccc(C(=O)c2ccc(SC)c(Cl)c2)cc1. The predicted octanol–water partition coefficient (Wildman–Crippen LogP) is 5.01. The van der Waals surface area contributed by atoms with Gasteiger partial charge in [0.05, 0.1) is 5.02 Å². The van der Waals surface area contributed by atoms with E-state index < -0.39 is 0 Å². The van der Waals surface area contributed by atoms with E-state index in [1.807, 2.05) is 48.9 Å². The van der Waals surface area contributed by atoms with Gasteiger partial charge in [-0.1, -0.05) is 11.6 Å². The minimum atomic E-state index is 0.00204. The Balaban J connectivity index is 2.30. The average molecular weight is 309 g/mol. The molecule has 0 aliphatic rings. The molecule has 0 unspecified atom stereocenters. The molecule has 0 aliphatic carbocycles. The maximum atomic E-state index is 12.3. The summed E-state index contributed by atoms with van der Waals surface area (Å²) in [5.41, 5.74) is 1.31. The second-order valence-electron chi connectivity index (χ2n) is 3.91. The molecule has 0 fully saturated rings. The molecule has 0 spiro atoms. The smallest absolute Gasteiger partial charge is 0.193 e. The number of benzene rings is 2. The molecule has 0 saturated heterocycles. The molecule has 0 heterocycles. The van der Waals surface area contributed by atoms with E-state index in [-0.39, 0.29) is 5.78 Å². The normalized spacial score (nSPS) is 10.5. The lowest BCUT2D eigenvalue weighted by atomic mass is 10.0. The number of thioether (sulfide) groups is 2. The number of halogens is 1. The Hall–Kier alpha value is -0.900. The molecular weight excluding hydrogens is 296 g/mol. The van der Waals surface area contributed by atoms with Gasteiger partial charge in [0.15, 0.2) is 5.78 Å². The average Bonchev–Trinajstić information content (AvgIpc) is 2.46.